The van der Waals surface area contributed by atoms with Crippen LogP contribution in [-0.2, 0) is 11.0 Å². The molecule has 8 heteroatoms. The number of carbonyl (C=O) groups excluding carboxylic acids is 1. The lowest BCUT2D eigenvalue weighted by atomic mass is 10.1. The van der Waals surface area contributed by atoms with Crippen LogP contribution in [0.15, 0.2) is 71.8 Å². The number of aromatic nitrogens is 2. The zero-order chi connectivity index (χ0) is 20.4. The van der Waals surface area contributed by atoms with Gasteiger partial charge < -0.3 is 5.32 Å². The molecule has 0 bridgehead atoms. The minimum absolute atomic E-state index is 0.0818. The van der Waals surface area contributed by atoms with Gasteiger partial charge in [-0.25, -0.2) is 9.97 Å². The van der Waals surface area contributed by atoms with Crippen molar-refractivity contribution in [3.63, 3.8) is 0 Å². The first-order valence-electron chi connectivity index (χ1n) is 8.66. The molecule has 4 nitrogen and oxygen atoms in total. The van der Waals surface area contributed by atoms with Gasteiger partial charge in [0.05, 0.1) is 11.3 Å². The molecular formula is C21H14F3N3OS. The van der Waals surface area contributed by atoms with E-state index in [9.17, 15) is 18.0 Å². The highest BCUT2D eigenvalue weighted by Crippen LogP contribution is 2.32. The fourth-order valence-corrected chi connectivity index (χ4v) is 3.76. The van der Waals surface area contributed by atoms with E-state index in [1.165, 1.54) is 6.07 Å². The summed E-state index contributed by atoms with van der Waals surface area (Å²) in [5, 5.41) is 5.29. The second-order valence-corrected chi connectivity index (χ2v) is 7.19. The molecule has 0 spiro atoms. The molecule has 0 aliphatic heterocycles. The third kappa shape index (κ3) is 4.17. The number of nitrogens with one attached hydrogen (secondary N) is 1. The van der Waals surface area contributed by atoms with Crippen molar-refractivity contribution >= 4 is 45.0 Å². The number of rotatable bonds is 4. The smallest absolute Gasteiger partial charge is 0.325 e. The van der Waals surface area contributed by atoms with Crippen LogP contribution in [0.4, 0.5) is 18.9 Å². The van der Waals surface area contributed by atoms with E-state index in [1.54, 1.807) is 24.3 Å². The van der Waals surface area contributed by atoms with Crippen molar-refractivity contribution in [3.05, 3.63) is 72.6 Å². The summed E-state index contributed by atoms with van der Waals surface area (Å²) in [4.78, 5) is 19.7. The molecule has 0 atom stereocenters. The lowest BCUT2D eigenvalue weighted by Gasteiger charge is -2.11. The lowest BCUT2D eigenvalue weighted by Crippen LogP contribution is -2.15. The van der Waals surface area contributed by atoms with Crippen molar-refractivity contribution in [2.45, 2.75) is 11.2 Å². The Morgan fingerprint density at radius 2 is 1.59 bits per heavy atom. The van der Waals surface area contributed by atoms with E-state index in [4.69, 9.17) is 0 Å². The number of amides is 1. The quantitative estimate of drug-likeness (QED) is 0.353. The molecule has 4 rings (SSSR count). The summed E-state index contributed by atoms with van der Waals surface area (Å²) >= 11 is 0.950. The van der Waals surface area contributed by atoms with Gasteiger partial charge in [0.1, 0.15) is 5.03 Å². The molecule has 0 fully saturated rings. The topological polar surface area (TPSA) is 54.9 Å². The molecule has 146 valence electrons. The Hall–Kier alpha value is -3.13. The van der Waals surface area contributed by atoms with E-state index in [2.05, 4.69) is 15.3 Å². The predicted molar refractivity (Wildman–Crippen MR) is 108 cm³/mol. The maximum atomic E-state index is 13.1. The fraction of sp³-hybridized carbons (Fsp3) is 0.0952. The zero-order valence-electron chi connectivity index (χ0n) is 14.9. The second kappa shape index (κ2) is 7.71. The highest BCUT2D eigenvalue weighted by atomic mass is 32.2. The Morgan fingerprint density at radius 1 is 0.897 bits per heavy atom. The van der Waals surface area contributed by atoms with E-state index in [0.717, 1.165) is 22.5 Å². The number of carbonyl (C=O) groups is 1. The molecule has 0 saturated carbocycles. The van der Waals surface area contributed by atoms with Gasteiger partial charge in [0.25, 0.3) is 0 Å². The maximum absolute atomic E-state index is 13.1. The molecule has 0 aliphatic carbocycles. The number of para-hydroxylation sites is 1. The number of hydrogen-bond acceptors (Lipinski definition) is 4. The third-order valence-corrected chi connectivity index (χ3v) is 5.22. The second-order valence-electron chi connectivity index (χ2n) is 6.23. The largest absolute Gasteiger partial charge is 0.451 e. The number of halogens is 3. The van der Waals surface area contributed by atoms with Gasteiger partial charge in [-0.1, -0.05) is 66.4 Å². The zero-order valence-corrected chi connectivity index (χ0v) is 15.7. The molecule has 1 amide bonds. The number of hydrogen-bond donors (Lipinski definition) is 1. The third-order valence-electron chi connectivity index (χ3n) is 4.23. The number of nitrogens with zero attached hydrogens (tertiary/aromatic N) is 2. The Balaban J connectivity index is 1.57. The van der Waals surface area contributed by atoms with Crippen molar-refractivity contribution in [2.75, 3.05) is 11.1 Å². The van der Waals surface area contributed by atoms with E-state index >= 15 is 0 Å². The number of thioether (sulfide) groups is 1. The summed E-state index contributed by atoms with van der Waals surface area (Å²) in [6, 6.07) is 19.6. The Bertz CT molecular complexity index is 1210. The minimum atomic E-state index is -4.66. The van der Waals surface area contributed by atoms with Gasteiger partial charge in [0.15, 0.2) is 0 Å². The molecule has 4 aromatic rings. The summed E-state index contributed by atoms with van der Waals surface area (Å²) in [6.07, 6.45) is -4.66. The lowest BCUT2D eigenvalue weighted by molar-refractivity contribution is -0.145. The summed E-state index contributed by atoms with van der Waals surface area (Å²) in [5.74, 6) is -1.63. The average Bonchev–Trinajstić information content (AvgIpc) is 2.71. The molecule has 1 N–H and O–H groups in total. The number of fused-ring (bicyclic) bond motifs is 2. The van der Waals surface area contributed by atoms with Crippen molar-refractivity contribution in [1.82, 2.24) is 9.97 Å². The van der Waals surface area contributed by atoms with Crippen LogP contribution in [0, 0.1) is 0 Å². The molecule has 0 unspecified atom stereocenters. The van der Waals surface area contributed by atoms with Crippen molar-refractivity contribution in [3.8, 4) is 0 Å². The number of anilines is 1. The first-order valence-corrected chi connectivity index (χ1v) is 9.65. The molecule has 0 saturated heterocycles. The van der Waals surface area contributed by atoms with Gasteiger partial charge in [0.2, 0.25) is 11.7 Å². The van der Waals surface area contributed by atoms with Gasteiger partial charge >= 0.3 is 6.18 Å². The van der Waals surface area contributed by atoms with Gasteiger partial charge in [-0.2, -0.15) is 13.2 Å². The molecule has 0 aliphatic rings. The van der Waals surface area contributed by atoms with Gasteiger partial charge in [-0.15, -0.1) is 0 Å². The predicted octanol–water partition coefficient (Wildman–Crippen LogP) is 5.53. The first kappa shape index (κ1) is 19.2. The Morgan fingerprint density at radius 3 is 2.38 bits per heavy atom. The summed E-state index contributed by atoms with van der Waals surface area (Å²) in [5.41, 5.74) is 0.837. The highest BCUT2D eigenvalue weighted by Gasteiger charge is 2.35. The van der Waals surface area contributed by atoms with Crippen molar-refractivity contribution < 1.29 is 18.0 Å². The molecule has 0 radical (unpaired) electrons. The molecular weight excluding hydrogens is 399 g/mol. The summed E-state index contributed by atoms with van der Waals surface area (Å²) in [6.45, 7) is 0. The normalized spacial score (nSPS) is 11.7. The van der Waals surface area contributed by atoms with Gasteiger partial charge in [-0.05, 0) is 17.5 Å². The van der Waals surface area contributed by atoms with Crippen LogP contribution in [0.25, 0.3) is 21.7 Å². The van der Waals surface area contributed by atoms with Crippen molar-refractivity contribution in [1.29, 1.82) is 0 Å². The Labute approximate surface area is 168 Å². The maximum Gasteiger partial charge on any atom is 0.451 e. The van der Waals surface area contributed by atoms with Gasteiger partial charge in [0, 0.05) is 16.5 Å². The van der Waals surface area contributed by atoms with E-state index in [1.807, 2.05) is 36.4 Å². The standard InChI is InChI=1S/C21H14F3N3OS/c22-21(23,24)20-26-17-10-4-3-9-15(17)19(27-20)29-12-18(28)25-16-11-5-7-13-6-1-2-8-14(13)16/h1-11H,12H2,(H,25,28). The van der Waals surface area contributed by atoms with E-state index in [-0.39, 0.29) is 22.2 Å². The number of alkyl halides is 3. The molecule has 1 aromatic heterocycles. The van der Waals surface area contributed by atoms with Crippen LogP contribution in [-0.4, -0.2) is 21.6 Å². The van der Waals surface area contributed by atoms with Gasteiger partial charge in [-0.3, -0.25) is 4.79 Å². The first-order chi connectivity index (χ1) is 13.9. The SMILES string of the molecule is O=C(CSc1nc(C(F)(F)F)nc2ccccc12)Nc1cccc2ccccc12. The van der Waals surface area contributed by atoms with Crippen LogP contribution in [0.5, 0.6) is 0 Å². The van der Waals surface area contributed by atoms with Crippen LogP contribution in [0.1, 0.15) is 5.82 Å². The highest BCUT2D eigenvalue weighted by molar-refractivity contribution is 8.00. The van der Waals surface area contributed by atoms with E-state index < -0.39 is 12.0 Å². The fourth-order valence-electron chi connectivity index (χ4n) is 2.94. The monoisotopic (exact) mass is 413 g/mol. The molecule has 29 heavy (non-hydrogen) atoms. The molecule has 1 heterocycles. The Kier molecular flexibility index (Phi) is 5.10. The number of benzene rings is 3. The molecule has 3 aromatic carbocycles. The average molecular weight is 413 g/mol. The van der Waals surface area contributed by atoms with Crippen LogP contribution < -0.4 is 5.32 Å². The summed E-state index contributed by atoms with van der Waals surface area (Å²) < 4.78 is 39.4. The van der Waals surface area contributed by atoms with Crippen LogP contribution >= 0.6 is 11.8 Å². The van der Waals surface area contributed by atoms with Crippen LogP contribution in [0.2, 0.25) is 0 Å². The minimum Gasteiger partial charge on any atom is -0.325 e. The summed E-state index contributed by atoms with van der Waals surface area (Å²) in [7, 11) is 0. The van der Waals surface area contributed by atoms with Crippen LogP contribution in [0.3, 0.4) is 0 Å². The van der Waals surface area contributed by atoms with Crippen molar-refractivity contribution in [2.24, 2.45) is 0 Å². The van der Waals surface area contributed by atoms with E-state index in [0.29, 0.717) is 11.1 Å².